The normalized spacial score (nSPS) is 10.1. The molecule has 1 heterocycles. The second kappa shape index (κ2) is 4.90. The number of aryl methyl sites for hydroxylation is 1. The van der Waals surface area contributed by atoms with Gasteiger partial charge in [0.25, 0.3) is 0 Å². The van der Waals surface area contributed by atoms with Crippen LogP contribution in [0.4, 0.5) is 5.82 Å². The summed E-state index contributed by atoms with van der Waals surface area (Å²) >= 11 is 5.67. The summed E-state index contributed by atoms with van der Waals surface area (Å²) in [4.78, 5) is 4.07. The van der Waals surface area contributed by atoms with Gasteiger partial charge in [-0.2, -0.15) is 4.98 Å². The van der Waals surface area contributed by atoms with E-state index in [1.807, 2.05) is 37.3 Å². The second-order valence-electron chi connectivity index (χ2n) is 3.35. The van der Waals surface area contributed by atoms with Gasteiger partial charge in [0.2, 0.25) is 5.28 Å². The summed E-state index contributed by atoms with van der Waals surface area (Å²) < 4.78 is 0. The predicted octanol–water partition coefficient (Wildman–Crippen LogP) is 2.45. The van der Waals surface area contributed by atoms with E-state index in [1.165, 1.54) is 5.56 Å². The molecular formula is C11H11ClN4. The molecule has 0 aliphatic carbocycles. The minimum Gasteiger partial charge on any atom is -0.364 e. The van der Waals surface area contributed by atoms with Gasteiger partial charge in [0.15, 0.2) is 5.82 Å². The van der Waals surface area contributed by atoms with Crippen LogP contribution in [0.3, 0.4) is 0 Å². The van der Waals surface area contributed by atoms with E-state index < -0.39 is 0 Å². The Morgan fingerprint density at radius 3 is 2.69 bits per heavy atom. The number of anilines is 1. The van der Waals surface area contributed by atoms with Gasteiger partial charge >= 0.3 is 0 Å². The van der Waals surface area contributed by atoms with Crippen LogP contribution >= 0.6 is 11.6 Å². The molecule has 0 fully saturated rings. The highest BCUT2D eigenvalue weighted by atomic mass is 35.5. The third-order valence-corrected chi connectivity index (χ3v) is 2.29. The second-order valence-corrected chi connectivity index (χ2v) is 3.69. The molecule has 2 aromatic rings. The Labute approximate surface area is 98.7 Å². The smallest absolute Gasteiger partial charge is 0.244 e. The molecule has 0 amide bonds. The van der Waals surface area contributed by atoms with E-state index in [1.54, 1.807) is 0 Å². The van der Waals surface area contributed by atoms with Gasteiger partial charge < -0.3 is 5.32 Å². The molecule has 0 aliphatic rings. The first-order valence-corrected chi connectivity index (χ1v) is 5.28. The average molecular weight is 235 g/mol. The standard InChI is InChI=1S/C11H11ClN4/c1-8-10(14-11(12)16-15-8)13-7-9-5-3-2-4-6-9/h2-6H,7H2,1H3,(H,13,14,16). The first kappa shape index (κ1) is 10.8. The summed E-state index contributed by atoms with van der Waals surface area (Å²) in [6, 6.07) is 10.1. The Morgan fingerprint density at radius 1 is 1.19 bits per heavy atom. The Morgan fingerprint density at radius 2 is 1.94 bits per heavy atom. The van der Waals surface area contributed by atoms with Crippen LogP contribution < -0.4 is 5.32 Å². The summed E-state index contributed by atoms with van der Waals surface area (Å²) in [7, 11) is 0. The maximum Gasteiger partial charge on any atom is 0.244 e. The van der Waals surface area contributed by atoms with Crippen molar-refractivity contribution < 1.29 is 0 Å². The minimum atomic E-state index is 0.154. The molecule has 1 N–H and O–H groups in total. The molecule has 5 heteroatoms. The number of halogens is 1. The molecule has 2 rings (SSSR count). The lowest BCUT2D eigenvalue weighted by molar-refractivity contribution is 0.918. The van der Waals surface area contributed by atoms with Crippen LogP contribution in [0.5, 0.6) is 0 Å². The minimum absolute atomic E-state index is 0.154. The Balaban J connectivity index is 2.08. The quantitative estimate of drug-likeness (QED) is 0.886. The van der Waals surface area contributed by atoms with Crippen molar-refractivity contribution >= 4 is 17.4 Å². The number of hydrogen-bond donors (Lipinski definition) is 1. The Bertz CT molecular complexity index is 473. The van der Waals surface area contributed by atoms with Crippen LogP contribution in [0, 0.1) is 6.92 Å². The van der Waals surface area contributed by atoms with Crippen LogP contribution in [0.2, 0.25) is 5.28 Å². The molecule has 0 spiro atoms. The molecule has 16 heavy (non-hydrogen) atoms. The fourth-order valence-electron chi connectivity index (χ4n) is 1.31. The first-order chi connectivity index (χ1) is 7.75. The Kier molecular flexibility index (Phi) is 3.31. The summed E-state index contributed by atoms with van der Waals surface area (Å²) in [5.41, 5.74) is 1.91. The van der Waals surface area contributed by atoms with E-state index in [9.17, 15) is 0 Å². The fraction of sp³-hybridized carbons (Fsp3) is 0.182. The third kappa shape index (κ3) is 2.67. The van der Waals surface area contributed by atoms with Crippen molar-refractivity contribution in [3.8, 4) is 0 Å². The zero-order chi connectivity index (χ0) is 11.4. The van der Waals surface area contributed by atoms with Crippen molar-refractivity contribution in [2.75, 3.05) is 5.32 Å². The fourth-order valence-corrected chi connectivity index (χ4v) is 1.43. The summed E-state index contributed by atoms with van der Waals surface area (Å²) in [6.45, 7) is 2.53. The van der Waals surface area contributed by atoms with Gasteiger partial charge in [-0.3, -0.25) is 0 Å². The molecule has 1 aromatic heterocycles. The average Bonchev–Trinajstić information content (AvgIpc) is 2.32. The number of nitrogens with zero attached hydrogens (tertiary/aromatic N) is 3. The third-order valence-electron chi connectivity index (χ3n) is 2.13. The summed E-state index contributed by atoms with van der Waals surface area (Å²) in [6.07, 6.45) is 0. The van der Waals surface area contributed by atoms with Crippen molar-refractivity contribution in [1.29, 1.82) is 0 Å². The SMILES string of the molecule is Cc1nnc(Cl)nc1NCc1ccccc1. The molecular weight excluding hydrogens is 224 g/mol. The molecule has 0 atom stereocenters. The molecule has 82 valence electrons. The van der Waals surface area contributed by atoms with Crippen molar-refractivity contribution in [3.05, 3.63) is 46.9 Å². The van der Waals surface area contributed by atoms with E-state index in [2.05, 4.69) is 20.5 Å². The zero-order valence-electron chi connectivity index (χ0n) is 8.81. The van der Waals surface area contributed by atoms with Crippen LogP contribution in [-0.4, -0.2) is 15.2 Å². The van der Waals surface area contributed by atoms with Gasteiger partial charge in [-0.25, -0.2) is 0 Å². The van der Waals surface area contributed by atoms with Gasteiger partial charge in [0, 0.05) is 6.54 Å². The highest BCUT2D eigenvalue weighted by molar-refractivity contribution is 6.28. The van der Waals surface area contributed by atoms with Crippen LogP contribution in [-0.2, 0) is 6.54 Å². The largest absolute Gasteiger partial charge is 0.364 e. The summed E-state index contributed by atoms with van der Waals surface area (Å²) in [5, 5.41) is 10.9. The topological polar surface area (TPSA) is 50.7 Å². The highest BCUT2D eigenvalue weighted by Gasteiger charge is 2.03. The predicted molar refractivity (Wildman–Crippen MR) is 63.3 cm³/mol. The van der Waals surface area contributed by atoms with Crippen LogP contribution in [0.1, 0.15) is 11.3 Å². The Hall–Kier alpha value is -1.68. The van der Waals surface area contributed by atoms with Gasteiger partial charge in [0.05, 0.1) is 0 Å². The van der Waals surface area contributed by atoms with E-state index in [0.717, 1.165) is 5.69 Å². The van der Waals surface area contributed by atoms with Gasteiger partial charge in [-0.15, -0.1) is 10.2 Å². The summed E-state index contributed by atoms with van der Waals surface area (Å²) in [5.74, 6) is 0.670. The number of hydrogen-bond acceptors (Lipinski definition) is 4. The zero-order valence-corrected chi connectivity index (χ0v) is 9.57. The maximum absolute atomic E-state index is 5.67. The molecule has 0 aliphatic heterocycles. The van der Waals surface area contributed by atoms with E-state index in [4.69, 9.17) is 11.6 Å². The molecule has 0 bridgehead atoms. The van der Waals surface area contributed by atoms with E-state index in [0.29, 0.717) is 12.4 Å². The van der Waals surface area contributed by atoms with Crippen molar-refractivity contribution in [1.82, 2.24) is 15.2 Å². The van der Waals surface area contributed by atoms with E-state index in [-0.39, 0.29) is 5.28 Å². The first-order valence-electron chi connectivity index (χ1n) is 4.90. The van der Waals surface area contributed by atoms with Crippen LogP contribution in [0.25, 0.3) is 0 Å². The van der Waals surface area contributed by atoms with Crippen molar-refractivity contribution in [3.63, 3.8) is 0 Å². The molecule has 4 nitrogen and oxygen atoms in total. The van der Waals surface area contributed by atoms with Gasteiger partial charge in [-0.1, -0.05) is 30.3 Å². The molecule has 0 unspecified atom stereocenters. The maximum atomic E-state index is 5.67. The molecule has 0 radical (unpaired) electrons. The van der Waals surface area contributed by atoms with E-state index >= 15 is 0 Å². The molecule has 1 aromatic carbocycles. The lowest BCUT2D eigenvalue weighted by atomic mass is 10.2. The lowest BCUT2D eigenvalue weighted by Gasteiger charge is -2.07. The number of benzene rings is 1. The van der Waals surface area contributed by atoms with Crippen molar-refractivity contribution in [2.45, 2.75) is 13.5 Å². The number of nitrogens with one attached hydrogen (secondary N) is 1. The highest BCUT2D eigenvalue weighted by Crippen LogP contribution is 2.11. The lowest BCUT2D eigenvalue weighted by Crippen LogP contribution is -2.05. The monoisotopic (exact) mass is 234 g/mol. The molecule has 0 saturated carbocycles. The van der Waals surface area contributed by atoms with Crippen molar-refractivity contribution in [2.24, 2.45) is 0 Å². The van der Waals surface area contributed by atoms with Gasteiger partial charge in [0.1, 0.15) is 5.69 Å². The van der Waals surface area contributed by atoms with Crippen LogP contribution in [0.15, 0.2) is 30.3 Å². The molecule has 0 saturated heterocycles. The van der Waals surface area contributed by atoms with Gasteiger partial charge in [-0.05, 0) is 24.1 Å². The number of rotatable bonds is 3. The number of aromatic nitrogens is 3.